The van der Waals surface area contributed by atoms with Crippen LogP contribution in [0.3, 0.4) is 0 Å². The summed E-state index contributed by atoms with van der Waals surface area (Å²) >= 11 is 0. The molecule has 1 aromatic rings. The number of rotatable bonds is 5. The number of hydrogen-bond acceptors (Lipinski definition) is 6. The van der Waals surface area contributed by atoms with Gasteiger partial charge in [-0.05, 0) is 24.8 Å². The van der Waals surface area contributed by atoms with Crippen LogP contribution in [0.25, 0.3) is 0 Å². The topological polar surface area (TPSA) is 75.6 Å². The van der Waals surface area contributed by atoms with E-state index in [0.717, 1.165) is 25.9 Å². The lowest BCUT2D eigenvalue weighted by molar-refractivity contribution is -0.151. The van der Waals surface area contributed by atoms with Gasteiger partial charge in [0, 0.05) is 32.5 Å². The number of aromatic nitrogens is 2. The highest BCUT2D eigenvalue weighted by Gasteiger charge is 2.22. The zero-order valence-electron chi connectivity index (χ0n) is 13.1. The van der Waals surface area contributed by atoms with Crippen LogP contribution in [0.1, 0.15) is 19.8 Å². The van der Waals surface area contributed by atoms with Gasteiger partial charge in [-0.1, -0.05) is 6.92 Å². The SMILES string of the molecule is CC1CCCN(C(=O)COC(=O)CN(C)c2ncccn2)C1. The van der Waals surface area contributed by atoms with Gasteiger partial charge in [0.2, 0.25) is 5.95 Å². The van der Waals surface area contributed by atoms with Gasteiger partial charge >= 0.3 is 5.97 Å². The summed E-state index contributed by atoms with van der Waals surface area (Å²) in [6.07, 6.45) is 5.36. The van der Waals surface area contributed by atoms with E-state index in [4.69, 9.17) is 4.74 Å². The normalized spacial score (nSPS) is 17.9. The van der Waals surface area contributed by atoms with Gasteiger partial charge in [0.15, 0.2) is 6.61 Å². The lowest BCUT2D eigenvalue weighted by Gasteiger charge is -2.30. The molecule has 0 N–H and O–H groups in total. The minimum absolute atomic E-state index is 0.00764. The molecule has 1 amide bonds. The van der Waals surface area contributed by atoms with Crippen LogP contribution in [0.5, 0.6) is 0 Å². The van der Waals surface area contributed by atoms with E-state index in [9.17, 15) is 9.59 Å². The Morgan fingerprint density at radius 1 is 1.41 bits per heavy atom. The minimum Gasteiger partial charge on any atom is -0.454 e. The van der Waals surface area contributed by atoms with Crippen molar-refractivity contribution in [2.75, 3.05) is 38.2 Å². The third-order valence-corrected chi connectivity index (χ3v) is 3.63. The second kappa shape index (κ2) is 7.72. The molecule has 2 heterocycles. The van der Waals surface area contributed by atoms with Crippen molar-refractivity contribution >= 4 is 17.8 Å². The number of piperidine rings is 1. The van der Waals surface area contributed by atoms with E-state index in [-0.39, 0.29) is 19.1 Å². The van der Waals surface area contributed by atoms with E-state index >= 15 is 0 Å². The van der Waals surface area contributed by atoms with Gasteiger partial charge in [0.05, 0.1) is 0 Å². The van der Waals surface area contributed by atoms with Gasteiger partial charge in [-0.3, -0.25) is 9.59 Å². The molecule has 0 aromatic carbocycles. The van der Waals surface area contributed by atoms with Crippen molar-refractivity contribution in [2.45, 2.75) is 19.8 Å². The first-order chi connectivity index (χ1) is 10.6. The van der Waals surface area contributed by atoms with Crippen molar-refractivity contribution in [1.29, 1.82) is 0 Å². The summed E-state index contributed by atoms with van der Waals surface area (Å²) in [5, 5.41) is 0. The highest BCUT2D eigenvalue weighted by atomic mass is 16.5. The van der Waals surface area contributed by atoms with E-state index in [1.807, 2.05) is 0 Å². The van der Waals surface area contributed by atoms with Crippen LogP contribution in [0.15, 0.2) is 18.5 Å². The third-order valence-electron chi connectivity index (χ3n) is 3.63. The number of anilines is 1. The molecular formula is C15H22N4O3. The largest absolute Gasteiger partial charge is 0.454 e. The minimum atomic E-state index is -0.464. The number of carbonyl (C=O) groups is 2. The van der Waals surface area contributed by atoms with Gasteiger partial charge in [-0.25, -0.2) is 9.97 Å². The lowest BCUT2D eigenvalue weighted by atomic mass is 10.0. The molecule has 1 atom stereocenters. The Bertz CT molecular complexity index is 509. The van der Waals surface area contributed by atoms with Crippen LogP contribution >= 0.6 is 0 Å². The molecule has 1 aromatic heterocycles. The van der Waals surface area contributed by atoms with Crippen LogP contribution in [-0.2, 0) is 14.3 Å². The molecule has 7 heteroatoms. The molecular weight excluding hydrogens is 284 g/mol. The lowest BCUT2D eigenvalue weighted by Crippen LogP contribution is -2.41. The first-order valence-corrected chi connectivity index (χ1v) is 7.48. The number of likely N-dealkylation sites (tertiary alicyclic amines) is 1. The van der Waals surface area contributed by atoms with Crippen molar-refractivity contribution in [3.05, 3.63) is 18.5 Å². The average molecular weight is 306 g/mol. The molecule has 120 valence electrons. The fourth-order valence-electron chi connectivity index (χ4n) is 2.45. The van der Waals surface area contributed by atoms with E-state index in [1.165, 1.54) is 0 Å². The number of ether oxygens (including phenoxy) is 1. The van der Waals surface area contributed by atoms with Crippen LogP contribution in [0.4, 0.5) is 5.95 Å². The smallest absolute Gasteiger partial charge is 0.326 e. The molecule has 1 unspecified atom stereocenters. The quantitative estimate of drug-likeness (QED) is 0.746. The molecule has 1 aliphatic heterocycles. The second-order valence-corrected chi connectivity index (χ2v) is 5.65. The predicted octanol–water partition coefficient (Wildman–Crippen LogP) is 0.714. The van der Waals surface area contributed by atoms with E-state index in [1.54, 1.807) is 35.3 Å². The number of hydrogen-bond donors (Lipinski definition) is 0. The summed E-state index contributed by atoms with van der Waals surface area (Å²) < 4.78 is 5.06. The van der Waals surface area contributed by atoms with E-state index < -0.39 is 5.97 Å². The first-order valence-electron chi connectivity index (χ1n) is 7.48. The standard InChI is InChI=1S/C15H22N4O3/c1-12-5-3-8-19(9-12)13(20)11-22-14(21)10-18(2)15-16-6-4-7-17-15/h4,6-7,12H,3,5,8-11H2,1-2H3. The Kier molecular flexibility index (Phi) is 5.68. The summed E-state index contributed by atoms with van der Waals surface area (Å²) in [6.45, 7) is 3.43. The maximum absolute atomic E-state index is 12.0. The maximum atomic E-state index is 12.0. The third kappa shape index (κ3) is 4.68. The van der Waals surface area contributed by atoms with Crippen LogP contribution in [-0.4, -0.2) is 60.0 Å². The zero-order valence-corrected chi connectivity index (χ0v) is 13.1. The molecule has 22 heavy (non-hydrogen) atoms. The molecule has 0 saturated carbocycles. The van der Waals surface area contributed by atoms with E-state index in [0.29, 0.717) is 11.9 Å². The molecule has 2 rings (SSSR count). The fraction of sp³-hybridized carbons (Fsp3) is 0.600. The molecule has 1 saturated heterocycles. The highest BCUT2D eigenvalue weighted by Crippen LogP contribution is 2.15. The van der Waals surface area contributed by atoms with Gasteiger partial charge in [-0.15, -0.1) is 0 Å². The Morgan fingerprint density at radius 2 is 2.14 bits per heavy atom. The van der Waals surface area contributed by atoms with Crippen molar-refractivity contribution in [3.8, 4) is 0 Å². The molecule has 7 nitrogen and oxygen atoms in total. The van der Waals surface area contributed by atoms with E-state index in [2.05, 4.69) is 16.9 Å². The molecule has 1 aliphatic rings. The molecule has 0 spiro atoms. The Balaban J connectivity index is 1.74. The summed E-state index contributed by atoms with van der Waals surface area (Å²) in [4.78, 5) is 35.2. The molecule has 0 bridgehead atoms. The number of nitrogens with zero attached hydrogens (tertiary/aromatic N) is 4. The molecule has 0 aliphatic carbocycles. The molecule has 0 radical (unpaired) electrons. The van der Waals surface area contributed by atoms with Crippen molar-refractivity contribution in [2.24, 2.45) is 5.92 Å². The second-order valence-electron chi connectivity index (χ2n) is 5.65. The predicted molar refractivity (Wildman–Crippen MR) is 81.2 cm³/mol. The average Bonchev–Trinajstić information content (AvgIpc) is 2.53. The summed E-state index contributed by atoms with van der Waals surface area (Å²) in [6, 6.07) is 1.70. The maximum Gasteiger partial charge on any atom is 0.326 e. The van der Waals surface area contributed by atoms with Crippen LogP contribution in [0, 0.1) is 5.92 Å². The Labute approximate surface area is 130 Å². The van der Waals surface area contributed by atoms with Crippen molar-refractivity contribution in [1.82, 2.24) is 14.9 Å². The number of amides is 1. The Hall–Kier alpha value is -2.18. The monoisotopic (exact) mass is 306 g/mol. The fourth-order valence-corrected chi connectivity index (χ4v) is 2.45. The highest BCUT2D eigenvalue weighted by molar-refractivity contribution is 5.82. The molecule has 1 fully saturated rings. The van der Waals surface area contributed by atoms with Crippen LogP contribution in [0.2, 0.25) is 0 Å². The summed E-state index contributed by atoms with van der Waals surface area (Å²) in [5.74, 6) is 0.359. The number of esters is 1. The van der Waals surface area contributed by atoms with Gasteiger partial charge in [-0.2, -0.15) is 0 Å². The van der Waals surface area contributed by atoms with Gasteiger partial charge in [0.25, 0.3) is 5.91 Å². The van der Waals surface area contributed by atoms with Crippen molar-refractivity contribution < 1.29 is 14.3 Å². The number of likely N-dealkylation sites (N-methyl/N-ethyl adjacent to an activating group) is 1. The number of carbonyl (C=O) groups excluding carboxylic acids is 2. The van der Waals surface area contributed by atoms with Gasteiger partial charge in [0.1, 0.15) is 6.54 Å². The summed E-state index contributed by atoms with van der Waals surface area (Å²) in [5.41, 5.74) is 0. The summed E-state index contributed by atoms with van der Waals surface area (Å²) in [7, 11) is 1.70. The Morgan fingerprint density at radius 3 is 2.82 bits per heavy atom. The van der Waals surface area contributed by atoms with Crippen LogP contribution < -0.4 is 4.90 Å². The first kappa shape index (κ1) is 16.2. The van der Waals surface area contributed by atoms with Crippen molar-refractivity contribution in [3.63, 3.8) is 0 Å². The van der Waals surface area contributed by atoms with Gasteiger partial charge < -0.3 is 14.5 Å². The zero-order chi connectivity index (χ0) is 15.9.